The van der Waals surface area contributed by atoms with Crippen LogP contribution in [0.3, 0.4) is 0 Å². The molecule has 1 atom stereocenters. The Morgan fingerprint density at radius 3 is 2.54 bits per heavy atom. The predicted molar refractivity (Wildman–Crippen MR) is 99.5 cm³/mol. The number of anilines is 2. The van der Waals surface area contributed by atoms with Crippen LogP contribution in [0.4, 0.5) is 11.9 Å². The average Bonchev–Trinajstić information content (AvgIpc) is 2.88. The van der Waals surface area contributed by atoms with E-state index in [1.807, 2.05) is 6.92 Å². The maximum atomic E-state index is 12.6. The molecule has 146 valence electrons. The Labute approximate surface area is 161 Å². The van der Waals surface area contributed by atoms with E-state index >= 15 is 0 Å². The number of amides is 2. The van der Waals surface area contributed by atoms with Gasteiger partial charge >= 0.3 is 5.97 Å². The van der Waals surface area contributed by atoms with Crippen LogP contribution in [-0.4, -0.2) is 57.8 Å². The number of carbonyl (C=O) groups is 3. The molecule has 0 saturated carbocycles. The first-order valence-electron chi connectivity index (χ1n) is 8.52. The zero-order valence-electron chi connectivity index (χ0n) is 16.0. The number of esters is 1. The number of rotatable bonds is 5. The van der Waals surface area contributed by atoms with Gasteiger partial charge in [0.1, 0.15) is 6.04 Å². The fourth-order valence-corrected chi connectivity index (χ4v) is 2.78. The molecule has 1 unspecified atom stereocenters. The second-order valence-electron chi connectivity index (χ2n) is 6.62. The Morgan fingerprint density at radius 1 is 1.18 bits per heavy atom. The molecule has 0 aliphatic carbocycles. The molecule has 1 aromatic heterocycles. The number of hydrogen-bond donors (Lipinski definition) is 1. The third-order valence-electron chi connectivity index (χ3n) is 4.23. The molecule has 10 heteroatoms. The Hall–Kier alpha value is -3.56. The molecule has 0 bridgehead atoms. The monoisotopic (exact) mass is 384 g/mol. The summed E-state index contributed by atoms with van der Waals surface area (Å²) in [5.74, 6) is -1.32. The lowest BCUT2D eigenvalue weighted by atomic mass is 10.1. The van der Waals surface area contributed by atoms with Crippen molar-refractivity contribution in [3.05, 3.63) is 40.7 Å². The van der Waals surface area contributed by atoms with Crippen molar-refractivity contribution in [3.63, 3.8) is 0 Å². The van der Waals surface area contributed by atoms with Crippen molar-refractivity contribution in [2.24, 2.45) is 0 Å². The fourth-order valence-electron chi connectivity index (χ4n) is 2.78. The summed E-state index contributed by atoms with van der Waals surface area (Å²) in [7, 11) is 3.47. The van der Waals surface area contributed by atoms with E-state index in [2.05, 4.69) is 15.0 Å². The summed E-state index contributed by atoms with van der Waals surface area (Å²) in [6.07, 6.45) is 0. The van der Waals surface area contributed by atoms with Crippen molar-refractivity contribution in [1.29, 1.82) is 0 Å². The highest BCUT2D eigenvalue weighted by Gasteiger charge is 2.41. The zero-order chi connectivity index (χ0) is 20.6. The number of hydrogen-bond acceptors (Lipinski definition) is 9. The number of carbonyl (C=O) groups excluding carboxylic acids is 3. The lowest BCUT2D eigenvalue weighted by Gasteiger charge is -2.20. The molecule has 1 aliphatic rings. The van der Waals surface area contributed by atoms with Crippen LogP contribution in [0.5, 0.6) is 0 Å². The van der Waals surface area contributed by atoms with Crippen molar-refractivity contribution in [1.82, 2.24) is 19.9 Å². The van der Waals surface area contributed by atoms with Crippen molar-refractivity contribution >= 4 is 29.7 Å². The summed E-state index contributed by atoms with van der Waals surface area (Å²) >= 11 is 0. The fraction of sp³-hybridized carbons (Fsp3) is 0.333. The molecule has 1 aromatic carbocycles. The number of nitrogens with zero attached hydrogens (tertiary/aromatic N) is 5. The second-order valence-corrected chi connectivity index (χ2v) is 6.62. The maximum absolute atomic E-state index is 12.6. The van der Waals surface area contributed by atoms with Crippen LogP contribution >= 0.6 is 0 Å². The van der Waals surface area contributed by atoms with Gasteiger partial charge in [-0.1, -0.05) is 11.6 Å². The van der Waals surface area contributed by atoms with E-state index < -0.39 is 23.8 Å². The number of aromatic nitrogens is 3. The van der Waals surface area contributed by atoms with Gasteiger partial charge in [-0.05, 0) is 26.0 Å². The molecule has 0 radical (unpaired) electrons. The Balaban J connectivity index is 1.72. The molecular formula is C18H20N6O4. The smallest absolute Gasteiger partial charge is 0.329 e. The van der Waals surface area contributed by atoms with Gasteiger partial charge in [0.25, 0.3) is 11.8 Å². The molecule has 3 rings (SSSR count). The van der Waals surface area contributed by atoms with Crippen LogP contribution in [0.1, 0.15) is 39.0 Å². The number of ether oxygens (including phenoxy) is 1. The van der Waals surface area contributed by atoms with Gasteiger partial charge in [-0.15, -0.1) is 0 Å². The van der Waals surface area contributed by atoms with E-state index in [0.29, 0.717) is 5.95 Å². The van der Waals surface area contributed by atoms with Crippen molar-refractivity contribution in [2.45, 2.75) is 26.5 Å². The van der Waals surface area contributed by atoms with Gasteiger partial charge in [-0.2, -0.15) is 15.0 Å². The Morgan fingerprint density at radius 2 is 1.86 bits per heavy atom. The molecule has 2 N–H and O–H groups in total. The lowest BCUT2D eigenvalue weighted by molar-refractivity contribution is -0.149. The summed E-state index contributed by atoms with van der Waals surface area (Å²) in [4.78, 5) is 52.1. The van der Waals surface area contributed by atoms with Crippen LogP contribution in [-0.2, 0) is 16.1 Å². The number of nitrogen functional groups attached to an aromatic ring is 1. The SMILES string of the molecule is Cc1ccc2c(c1)C(=O)N(C(C)C(=O)OCc1nc(N)nc(N(C)C)n1)C2=O. The highest BCUT2D eigenvalue weighted by molar-refractivity contribution is 6.22. The summed E-state index contributed by atoms with van der Waals surface area (Å²) in [5, 5.41) is 0. The van der Waals surface area contributed by atoms with Crippen LogP contribution in [0, 0.1) is 6.92 Å². The zero-order valence-corrected chi connectivity index (χ0v) is 16.0. The normalized spacial score (nSPS) is 14.1. The topological polar surface area (TPSA) is 132 Å². The number of nitrogens with two attached hydrogens (primary N) is 1. The van der Waals surface area contributed by atoms with E-state index in [0.717, 1.165) is 10.5 Å². The van der Waals surface area contributed by atoms with Gasteiger partial charge < -0.3 is 15.4 Å². The minimum Gasteiger partial charge on any atom is -0.456 e. The Kier molecular flexibility index (Phi) is 4.95. The van der Waals surface area contributed by atoms with Gasteiger partial charge in [-0.3, -0.25) is 14.5 Å². The molecule has 0 spiro atoms. The maximum Gasteiger partial charge on any atom is 0.329 e. The van der Waals surface area contributed by atoms with Crippen LogP contribution < -0.4 is 10.6 Å². The third kappa shape index (κ3) is 3.48. The molecule has 2 amide bonds. The summed E-state index contributed by atoms with van der Waals surface area (Å²) in [5.41, 5.74) is 7.04. The van der Waals surface area contributed by atoms with Gasteiger partial charge in [0.2, 0.25) is 11.9 Å². The van der Waals surface area contributed by atoms with Gasteiger partial charge in [0.05, 0.1) is 11.1 Å². The van der Waals surface area contributed by atoms with E-state index in [4.69, 9.17) is 10.5 Å². The van der Waals surface area contributed by atoms with Gasteiger partial charge in [0.15, 0.2) is 12.4 Å². The number of imide groups is 1. The van der Waals surface area contributed by atoms with Crippen molar-refractivity contribution in [2.75, 3.05) is 24.7 Å². The molecule has 0 saturated heterocycles. The first kappa shape index (κ1) is 19.2. The minimum absolute atomic E-state index is 0.00600. The largest absolute Gasteiger partial charge is 0.456 e. The predicted octanol–water partition coefficient (Wildman–Crippen LogP) is 0.556. The van der Waals surface area contributed by atoms with Crippen molar-refractivity contribution in [3.8, 4) is 0 Å². The quantitative estimate of drug-likeness (QED) is 0.580. The molecule has 2 heterocycles. The van der Waals surface area contributed by atoms with E-state index in [1.165, 1.54) is 6.92 Å². The number of fused-ring (bicyclic) bond motifs is 1. The number of aryl methyl sites for hydroxylation is 1. The molecule has 0 fully saturated rings. The third-order valence-corrected chi connectivity index (χ3v) is 4.23. The minimum atomic E-state index is -1.10. The second kappa shape index (κ2) is 7.22. The standard InChI is InChI=1S/C18H20N6O4/c1-9-5-6-11-12(7-9)15(26)24(14(11)25)10(2)16(27)28-8-13-20-17(19)22-18(21-13)23(3)4/h5-7,10H,8H2,1-4H3,(H2,19,20,21,22). The summed E-state index contributed by atoms with van der Waals surface area (Å²) in [6.45, 7) is 2.99. The molecule has 28 heavy (non-hydrogen) atoms. The highest BCUT2D eigenvalue weighted by Crippen LogP contribution is 2.26. The van der Waals surface area contributed by atoms with Gasteiger partial charge in [-0.25, -0.2) is 4.79 Å². The molecule has 10 nitrogen and oxygen atoms in total. The molecular weight excluding hydrogens is 364 g/mol. The van der Waals surface area contributed by atoms with Gasteiger partial charge in [0, 0.05) is 14.1 Å². The van der Waals surface area contributed by atoms with E-state index in [9.17, 15) is 14.4 Å². The highest BCUT2D eigenvalue weighted by atomic mass is 16.5. The average molecular weight is 384 g/mol. The number of benzene rings is 1. The molecule has 2 aromatic rings. The molecule has 1 aliphatic heterocycles. The van der Waals surface area contributed by atoms with Crippen LogP contribution in [0.2, 0.25) is 0 Å². The van der Waals surface area contributed by atoms with Crippen LogP contribution in [0.15, 0.2) is 18.2 Å². The van der Waals surface area contributed by atoms with E-state index in [-0.39, 0.29) is 29.5 Å². The Bertz CT molecular complexity index is 975. The van der Waals surface area contributed by atoms with E-state index in [1.54, 1.807) is 37.2 Å². The first-order chi connectivity index (χ1) is 13.2. The lowest BCUT2D eigenvalue weighted by Crippen LogP contribution is -2.43. The first-order valence-corrected chi connectivity index (χ1v) is 8.52. The van der Waals surface area contributed by atoms with Crippen LogP contribution in [0.25, 0.3) is 0 Å². The summed E-state index contributed by atoms with van der Waals surface area (Å²) in [6, 6.07) is 3.85. The summed E-state index contributed by atoms with van der Waals surface area (Å²) < 4.78 is 5.20. The van der Waals surface area contributed by atoms with Crippen molar-refractivity contribution < 1.29 is 19.1 Å².